The lowest BCUT2D eigenvalue weighted by Gasteiger charge is -2.20. The van der Waals surface area contributed by atoms with E-state index in [1.54, 1.807) is 13.0 Å². The molecular weight excluding hydrogens is 208 g/mol. The Morgan fingerprint density at radius 3 is 2.56 bits per heavy atom. The van der Waals surface area contributed by atoms with Crippen LogP contribution in [0.15, 0.2) is 12.7 Å². The van der Waals surface area contributed by atoms with E-state index in [0.29, 0.717) is 19.4 Å². The van der Waals surface area contributed by atoms with Crippen molar-refractivity contribution in [3.05, 3.63) is 12.7 Å². The Hall–Kier alpha value is -1.52. The minimum absolute atomic E-state index is 0.0948. The zero-order chi connectivity index (χ0) is 12.6. The predicted molar refractivity (Wildman–Crippen MR) is 62.2 cm³/mol. The molecular formula is C11H20N2O3. The van der Waals surface area contributed by atoms with Crippen LogP contribution >= 0.6 is 0 Å². The predicted octanol–water partition coefficient (Wildman–Crippen LogP) is 1.36. The molecule has 92 valence electrons. The van der Waals surface area contributed by atoms with Gasteiger partial charge in [0, 0.05) is 6.54 Å². The summed E-state index contributed by atoms with van der Waals surface area (Å²) in [4.78, 5) is 22.2. The van der Waals surface area contributed by atoms with Gasteiger partial charge in [0.2, 0.25) is 0 Å². The van der Waals surface area contributed by atoms with Gasteiger partial charge in [0.1, 0.15) is 6.04 Å². The largest absolute Gasteiger partial charge is 0.480 e. The topological polar surface area (TPSA) is 78.4 Å². The third-order valence-corrected chi connectivity index (χ3v) is 2.40. The van der Waals surface area contributed by atoms with Crippen molar-refractivity contribution in [3.8, 4) is 0 Å². The van der Waals surface area contributed by atoms with Gasteiger partial charge in [0.25, 0.3) is 0 Å². The van der Waals surface area contributed by atoms with E-state index in [1.165, 1.54) is 0 Å². The highest BCUT2D eigenvalue weighted by Crippen LogP contribution is 2.07. The minimum atomic E-state index is -1.01. The second kappa shape index (κ2) is 7.73. The van der Waals surface area contributed by atoms with Crippen LogP contribution in [0, 0.1) is 5.92 Å². The Balaban J connectivity index is 4.13. The lowest BCUT2D eigenvalue weighted by molar-refractivity contribution is -0.140. The van der Waals surface area contributed by atoms with E-state index >= 15 is 0 Å². The summed E-state index contributed by atoms with van der Waals surface area (Å²) in [6.07, 6.45) is 3.04. The Labute approximate surface area is 95.9 Å². The molecule has 0 unspecified atom stereocenters. The first kappa shape index (κ1) is 14.5. The molecule has 0 saturated carbocycles. The minimum Gasteiger partial charge on any atom is -0.480 e. The highest BCUT2D eigenvalue weighted by Gasteiger charge is 2.24. The van der Waals surface area contributed by atoms with Gasteiger partial charge in [0.05, 0.1) is 0 Å². The van der Waals surface area contributed by atoms with Gasteiger partial charge in [-0.3, -0.25) is 0 Å². The molecule has 0 aromatic rings. The fourth-order valence-corrected chi connectivity index (χ4v) is 1.16. The van der Waals surface area contributed by atoms with Crippen molar-refractivity contribution in [3.63, 3.8) is 0 Å². The number of urea groups is 1. The van der Waals surface area contributed by atoms with Crippen LogP contribution in [0.25, 0.3) is 0 Å². The quantitative estimate of drug-likeness (QED) is 0.455. The number of amides is 2. The normalized spacial score (nSPS) is 13.6. The molecule has 0 fully saturated rings. The number of carbonyl (C=O) groups excluding carboxylic acids is 1. The molecule has 2 atom stereocenters. The SMILES string of the molecule is C=CCCNC(=O)N[C@H](C(=O)O)[C@@H](C)CC. The Bertz CT molecular complexity index is 254. The van der Waals surface area contributed by atoms with Gasteiger partial charge in [-0.1, -0.05) is 26.3 Å². The second-order valence-corrected chi connectivity index (χ2v) is 3.68. The van der Waals surface area contributed by atoms with Crippen LogP contribution in [0.1, 0.15) is 26.7 Å². The highest BCUT2D eigenvalue weighted by atomic mass is 16.4. The second-order valence-electron chi connectivity index (χ2n) is 3.68. The molecule has 0 aromatic heterocycles. The summed E-state index contributed by atoms with van der Waals surface area (Å²) in [5.41, 5.74) is 0. The molecule has 2 amide bonds. The third-order valence-electron chi connectivity index (χ3n) is 2.40. The summed E-state index contributed by atoms with van der Waals surface area (Å²) in [6.45, 7) is 7.66. The van der Waals surface area contributed by atoms with Crippen LogP contribution < -0.4 is 10.6 Å². The first-order chi connectivity index (χ1) is 7.52. The van der Waals surface area contributed by atoms with Crippen LogP contribution in [0.2, 0.25) is 0 Å². The first-order valence-electron chi connectivity index (χ1n) is 5.41. The van der Waals surface area contributed by atoms with Crippen molar-refractivity contribution in [2.75, 3.05) is 6.54 Å². The number of carbonyl (C=O) groups is 2. The van der Waals surface area contributed by atoms with Crippen molar-refractivity contribution < 1.29 is 14.7 Å². The fourth-order valence-electron chi connectivity index (χ4n) is 1.16. The van der Waals surface area contributed by atoms with E-state index in [1.807, 2.05) is 6.92 Å². The first-order valence-corrected chi connectivity index (χ1v) is 5.41. The molecule has 0 aliphatic heterocycles. The summed E-state index contributed by atoms with van der Waals surface area (Å²) in [5.74, 6) is -1.10. The molecule has 0 rings (SSSR count). The standard InChI is InChI=1S/C11H20N2O3/c1-4-6-7-12-11(16)13-9(10(14)15)8(3)5-2/h4,8-9H,1,5-7H2,2-3H3,(H,14,15)(H2,12,13,16)/t8-,9-/m0/s1. The van der Waals surface area contributed by atoms with E-state index in [0.717, 1.165) is 0 Å². The van der Waals surface area contributed by atoms with E-state index in [2.05, 4.69) is 17.2 Å². The van der Waals surface area contributed by atoms with Crippen molar-refractivity contribution >= 4 is 12.0 Å². The molecule has 0 spiro atoms. The summed E-state index contributed by atoms with van der Waals surface area (Å²) in [6, 6.07) is -1.29. The van der Waals surface area contributed by atoms with E-state index < -0.39 is 18.0 Å². The van der Waals surface area contributed by atoms with Gasteiger partial charge in [0.15, 0.2) is 0 Å². The molecule has 0 aliphatic rings. The van der Waals surface area contributed by atoms with Gasteiger partial charge in [-0.25, -0.2) is 9.59 Å². The van der Waals surface area contributed by atoms with Gasteiger partial charge in [-0.15, -0.1) is 6.58 Å². The smallest absolute Gasteiger partial charge is 0.326 e. The monoisotopic (exact) mass is 228 g/mol. The highest BCUT2D eigenvalue weighted by molar-refractivity contribution is 5.82. The number of nitrogens with one attached hydrogen (secondary N) is 2. The number of aliphatic carboxylic acids is 1. The molecule has 5 nitrogen and oxygen atoms in total. The zero-order valence-corrected chi connectivity index (χ0v) is 9.82. The molecule has 0 saturated heterocycles. The Morgan fingerprint density at radius 1 is 1.50 bits per heavy atom. The number of hydrogen-bond donors (Lipinski definition) is 3. The summed E-state index contributed by atoms with van der Waals surface area (Å²) < 4.78 is 0. The van der Waals surface area contributed by atoms with E-state index in [9.17, 15) is 9.59 Å². The summed E-state index contributed by atoms with van der Waals surface area (Å²) in [7, 11) is 0. The average Bonchev–Trinajstić information content (AvgIpc) is 2.25. The van der Waals surface area contributed by atoms with Crippen LogP contribution in [-0.2, 0) is 4.79 Å². The zero-order valence-electron chi connectivity index (χ0n) is 9.82. The van der Waals surface area contributed by atoms with Gasteiger partial charge in [-0.2, -0.15) is 0 Å². The Morgan fingerprint density at radius 2 is 2.12 bits per heavy atom. The van der Waals surface area contributed by atoms with Crippen LogP contribution in [0.3, 0.4) is 0 Å². The molecule has 0 aromatic carbocycles. The van der Waals surface area contributed by atoms with E-state index in [4.69, 9.17) is 5.11 Å². The molecule has 0 radical (unpaired) electrons. The maximum atomic E-state index is 11.3. The van der Waals surface area contributed by atoms with Crippen molar-refractivity contribution in [2.24, 2.45) is 5.92 Å². The van der Waals surface area contributed by atoms with Crippen molar-refractivity contribution in [1.29, 1.82) is 0 Å². The van der Waals surface area contributed by atoms with Crippen molar-refractivity contribution in [1.82, 2.24) is 10.6 Å². The third kappa shape index (κ3) is 5.38. The van der Waals surface area contributed by atoms with Crippen LogP contribution in [0.4, 0.5) is 4.79 Å². The summed E-state index contributed by atoms with van der Waals surface area (Å²) >= 11 is 0. The summed E-state index contributed by atoms with van der Waals surface area (Å²) in [5, 5.41) is 13.9. The van der Waals surface area contributed by atoms with Gasteiger partial charge >= 0.3 is 12.0 Å². The van der Waals surface area contributed by atoms with E-state index in [-0.39, 0.29) is 5.92 Å². The van der Waals surface area contributed by atoms with Crippen LogP contribution in [-0.4, -0.2) is 29.7 Å². The Kier molecular flexibility index (Phi) is 7.00. The lowest BCUT2D eigenvalue weighted by atomic mass is 9.99. The maximum Gasteiger partial charge on any atom is 0.326 e. The number of hydrogen-bond acceptors (Lipinski definition) is 2. The average molecular weight is 228 g/mol. The molecule has 3 N–H and O–H groups in total. The number of carboxylic acid groups (broad SMARTS) is 1. The molecule has 0 bridgehead atoms. The molecule has 0 aliphatic carbocycles. The number of carboxylic acids is 1. The van der Waals surface area contributed by atoms with Crippen molar-refractivity contribution in [2.45, 2.75) is 32.7 Å². The van der Waals surface area contributed by atoms with Gasteiger partial charge in [-0.05, 0) is 12.3 Å². The number of rotatable bonds is 7. The molecule has 5 heteroatoms. The molecule has 16 heavy (non-hydrogen) atoms. The fraction of sp³-hybridized carbons (Fsp3) is 0.636. The molecule has 0 heterocycles. The van der Waals surface area contributed by atoms with Gasteiger partial charge < -0.3 is 15.7 Å². The van der Waals surface area contributed by atoms with Crippen LogP contribution in [0.5, 0.6) is 0 Å². The maximum absolute atomic E-state index is 11.3. The lowest BCUT2D eigenvalue weighted by Crippen LogP contribution is -2.49.